The summed E-state index contributed by atoms with van der Waals surface area (Å²) in [7, 11) is 0. The molecule has 2 amide bonds. The number of fused-ring (bicyclic) bond motifs is 1. The van der Waals surface area contributed by atoms with E-state index in [0.29, 0.717) is 23.9 Å². The third-order valence-electron chi connectivity index (χ3n) is 3.42. The number of ether oxygens (including phenoxy) is 2. The molecule has 0 saturated carbocycles. The van der Waals surface area contributed by atoms with E-state index in [1.165, 1.54) is 0 Å². The van der Waals surface area contributed by atoms with E-state index in [9.17, 15) is 9.59 Å². The Morgan fingerprint density at radius 2 is 2.00 bits per heavy atom. The number of pyridine rings is 1. The molecule has 1 aromatic carbocycles. The highest BCUT2D eigenvalue weighted by atomic mass is 16.6. The second kappa shape index (κ2) is 6.99. The predicted molar refractivity (Wildman–Crippen MR) is 87.0 cm³/mol. The molecule has 0 fully saturated rings. The first-order chi connectivity index (χ1) is 11.6. The number of amides is 2. The number of aryl methyl sites for hydroxylation is 1. The zero-order chi connectivity index (χ0) is 16.9. The minimum Gasteiger partial charge on any atom is -0.486 e. The summed E-state index contributed by atoms with van der Waals surface area (Å²) in [6, 6.07) is 10.8. The fourth-order valence-corrected chi connectivity index (χ4v) is 2.23. The van der Waals surface area contributed by atoms with E-state index in [0.717, 1.165) is 5.56 Å². The lowest BCUT2D eigenvalue weighted by Gasteiger charge is -2.26. The molecule has 3 rings (SSSR count). The maximum absolute atomic E-state index is 11.9. The summed E-state index contributed by atoms with van der Waals surface area (Å²) in [4.78, 5) is 27.7. The van der Waals surface area contributed by atoms with Crippen molar-refractivity contribution in [3.05, 3.63) is 48.2 Å². The number of aromatic nitrogens is 1. The van der Waals surface area contributed by atoms with Crippen LogP contribution >= 0.6 is 0 Å². The number of anilines is 1. The standard InChI is InChI=1S/C17H17N3O4/c1-11-6-7-18-15(8-11)20-17(22)16(21)19-9-12-10-23-13-4-2-3-5-14(13)24-12/h2-8,12H,9-10H2,1H3,(H,19,21)(H,18,20,22). The minimum atomic E-state index is -0.773. The first kappa shape index (κ1) is 15.8. The SMILES string of the molecule is Cc1ccnc(NC(=O)C(=O)NCC2COc3ccccc3O2)c1. The Balaban J connectivity index is 1.50. The summed E-state index contributed by atoms with van der Waals surface area (Å²) in [5.74, 6) is 0.104. The second-order valence-corrected chi connectivity index (χ2v) is 5.38. The van der Waals surface area contributed by atoms with E-state index in [1.807, 2.05) is 25.1 Å². The van der Waals surface area contributed by atoms with Gasteiger partial charge >= 0.3 is 11.8 Å². The fraction of sp³-hybridized carbons (Fsp3) is 0.235. The molecular weight excluding hydrogens is 310 g/mol. The van der Waals surface area contributed by atoms with Gasteiger partial charge in [-0.1, -0.05) is 12.1 Å². The van der Waals surface area contributed by atoms with Crippen molar-refractivity contribution in [3.8, 4) is 11.5 Å². The molecule has 2 aromatic rings. The van der Waals surface area contributed by atoms with Gasteiger partial charge in [0.1, 0.15) is 18.5 Å². The topological polar surface area (TPSA) is 89.6 Å². The fourth-order valence-electron chi connectivity index (χ4n) is 2.23. The van der Waals surface area contributed by atoms with Crippen molar-refractivity contribution in [2.75, 3.05) is 18.5 Å². The number of para-hydroxylation sites is 2. The quantitative estimate of drug-likeness (QED) is 0.829. The number of hydrogen-bond acceptors (Lipinski definition) is 5. The normalized spacial score (nSPS) is 15.5. The van der Waals surface area contributed by atoms with Crippen LogP contribution in [0.3, 0.4) is 0 Å². The van der Waals surface area contributed by atoms with Gasteiger partial charge in [-0.25, -0.2) is 4.98 Å². The zero-order valence-electron chi connectivity index (χ0n) is 13.1. The minimum absolute atomic E-state index is 0.168. The zero-order valence-corrected chi connectivity index (χ0v) is 13.1. The van der Waals surface area contributed by atoms with Crippen LogP contribution in [0.15, 0.2) is 42.6 Å². The molecule has 2 N–H and O–H groups in total. The van der Waals surface area contributed by atoms with Crippen molar-refractivity contribution in [1.29, 1.82) is 0 Å². The van der Waals surface area contributed by atoms with E-state index in [2.05, 4.69) is 15.6 Å². The second-order valence-electron chi connectivity index (χ2n) is 5.38. The Morgan fingerprint density at radius 3 is 2.79 bits per heavy atom. The van der Waals surface area contributed by atoms with E-state index < -0.39 is 11.8 Å². The van der Waals surface area contributed by atoms with Crippen molar-refractivity contribution in [1.82, 2.24) is 10.3 Å². The van der Waals surface area contributed by atoms with Crippen molar-refractivity contribution in [2.45, 2.75) is 13.0 Å². The smallest absolute Gasteiger partial charge is 0.314 e. The van der Waals surface area contributed by atoms with Gasteiger partial charge in [-0.2, -0.15) is 0 Å². The molecule has 1 aromatic heterocycles. The molecule has 0 radical (unpaired) electrons. The van der Waals surface area contributed by atoms with Crippen LogP contribution in [0, 0.1) is 6.92 Å². The van der Waals surface area contributed by atoms with Crippen molar-refractivity contribution >= 4 is 17.6 Å². The van der Waals surface area contributed by atoms with Crippen LogP contribution in [0.1, 0.15) is 5.56 Å². The number of nitrogens with zero attached hydrogens (tertiary/aromatic N) is 1. The van der Waals surface area contributed by atoms with E-state index >= 15 is 0 Å². The third-order valence-corrected chi connectivity index (χ3v) is 3.42. The highest BCUT2D eigenvalue weighted by molar-refractivity contribution is 6.39. The van der Waals surface area contributed by atoms with Crippen LogP contribution in [0.2, 0.25) is 0 Å². The van der Waals surface area contributed by atoms with Crippen LogP contribution in [-0.4, -0.2) is 36.1 Å². The Bertz CT molecular complexity index is 763. The molecule has 0 saturated heterocycles. The van der Waals surface area contributed by atoms with Crippen LogP contribution < -0.4 is 20.1 Å². The Hall–Kier alpha value is -3.09. The molecule has 2 heterocycles. The van der Waals surface area contributed by atoms with E-state index in [1.54, 1.807) is 24.4 Å². The Labute approximate surface area is 139 Å². The number of benzene rings is 1. The summed E-state index contributed by atoms with van der Waals surface area (Å²) in [5, 5.41) is 4.99. The van der Waals surface area contributed by atoms with Gasteiger partial charge in [-0.3, -0.25) is 9.59 Å². The summed E-state index contributed by atoms with van der Waals surface area (Å²) in [6.07, 6.45) is 1.21. The number of carbonyl (C=O) groups is 2. The number of carbonyl (C=O) groups excluding carboxylic acids is 2. The summed E-state index contributed by atoms with van der Waals surface area (Å²) in [6.45, 7) is 2.34. The molecule has 7 nitrogen and oxygen atoms in total. The van der Waals surface area contributed by atoms with Crippen LogP contribution in [-0.2, 0) is 9.59 Å². The summed E-state index contributed by atoms with van der Waals surface area (Å²) in [5.41, 5.74) is 0.937. The molecular formula is C17H17N3O4. The average molecular weight is 327 g/mol. The van der Waals surface area contributed by atoms with Gasteiger partial charge in [0.15, 0.2) is 11.5 Å². The highest BCUT2D eigenvalue weighted by Gasteiger charge is 2.22. The predicted octanol–water partition coefficient (Wildman–Crippen LogP) is 1.28. The molecule has 0 aliphatic carbocycles. The number of rotatable bonds is 3. The number of nitrogens with one attached hydrogen (secondary N) is 2. The van der Waals surface area contributed by atoms with Crippen LogP contribution in [0.25, 0.3) is 0 Å². The van der Waals surface area contributed by atoms with E-state index in [4.69, 9.17) is 9.47 Å². The summed E-state index contributed by atoms with van der Waals surface area (Å²) >= 11 is 0. The molecule has 0 bridgehead atoms. The molecule has 0 spiro atoms. The van der Waals surface area contributed by atoms with Crippen molar-refractivity contribution in [2.24, 2.45) is 0 Å². The molecule has 1 atom stereocenters. The van der Waals surface area contributed by atoms with Gasteiger partial charge in [-0.05, 0) is 36.8 Å². The molecule has 1 aliphatic heterocycles. The maximum Gasteiger partial charge on any atom is 0.314 e. The van der Waals surface area contributed by atoms with Gasteiger partial charge in [0, 0.05) is 6.20 Å². The molecule has 1 aliphatic rings. The molecule has 124 valence electrons. The van der Waals surface area contributed by atoms with Gasteiger partial charge in [0.25, 0.3) is 0 Å². The van der Waals surface area contributed by atoms with Crippen molar-refractivity contribution in [3.63, 3.8) is 0 Å². The Morgan fingerprint density at radius 1 is 1.21 bits per heavy atom. The van der Waals surface area contributed by atoms with Gasteiger partial charge in [0.05, 0.1) is 6.54 Å². The van der Waals surface area contributed by atoms with Gasteiger partial charge in [-0.15, -0.1) is 0 Å². The molecule has 1 unspecified atom stereocenters. The number of hydrogen-bond donors (Lipinski definition) is 2. The van der Waals surface area contributed by atoms with Crippen LogP contribution in [0.4, 0.5) is 5.82 Å². The Kier molecular flexibility index (Phi) is 4.60. The maximum atomic E-state index is 11.9. The van der Waals surface area contributed by atoms with Crippen LogP contribution in [0.5, 0.6) is 11.5 Å². The monoisotopic (exact) mass is 327 g/mol. The average Bonchev–Trinajstić information content (AvgIpc) is 2.59. The highest BCUT2D eigenvalue weighted by Crippen LogP contribution is 2.30. The molecule has 7 heteroatoms. The first-order valence-electron chi connectivity index (χ1n) is 7.52. The third kappa shape index (κ3) is 3.81. The lowest BCUT2D eigenvalue weighted by Crippen LogP contribution is -2.44. The lowest BCUT2D eigenvalue weighted by molar-refractivity contribution is -0.136. The first-order valence-corrected chi connectivity index (χ1v) is 7.52. The molecule has 24 heavy (non-hydrogen) atoms. The summed E-state index contributed by atoms with van der Waals surface area (Å²) < 4.78 is 11.3. The van der Waals surface area contributed by atoms with Gasteiger partial charge < -0.3 is 20.1 Å². The van der Waals surface area contributed by atoms with E-state index in [-0.39, 0.29) is 12.6 Å². The largest absolute Gasteiger partial charge is 0.486 e. The lowest BCUT2D eigenvalue weighted by atomic mass is 10.2. The van der Waals surface area contributed by atoms with Gasteiger partial charge in [0.2, 0.25) is 0 Å². The van der Waals surface area contributed by atoms with Crippen molar-refractivity contribution < 1.29 is 19.1 Å².